The number of likely N-dealkylation sites (N-methyl/N-ethyl adjacent to an activating group) is 1. The summed E-state index contributed by atoms with van der Waals surface area (Å²) in [5, 5.41) is 7.77. The number of hydrogen-bond donors (Lipinski definition) is 1. The predicted molar refractivity (Wildman–Crippen MR) is 149 cm³/mol. The van der Waals surface area contributed by atoms with Crippen molar-refractivity contribution < 1.29 is 23.0 Å². The van der Waals surface area contributed by atoms with Crippen LogP contribution >= 0.6 is 0 Å². The Morgan fingerprint density at radius 1 is 1.22 bits per heavy atom. The number of fused-ring (bicyclic) bond motifs is 1. The van der Waals surface area contributed by atoms with Gasteiger partial charge in [-0.2, -0.15) is 10.1 Å². The molecular formula is C28H34F2N8O3. The molecule has 4 aromatic heterocycles. The molecule has 0 bridgehead atoms. The summed E-state index contributed by atoms with van der Waals surface area (Å²) >= 11 is 0. The second kappa shape index (κ2) is 10.4. The quantitative estimate of drug-likeness (QED) is 0.324. The lowest BCUT2D eigenvalue weighted by Crippen LogP contribution is -2.33. The topological polar surface area (TPSA) is 112 Å². The molecule has 1 saturated heterocycles. The van der Waals surface area contributed by atoms with E-state index in [4.69, 9.17) is 9.47 Å². The zero-order chi connectivity index (χ0) is 29.7. The summed E-state index contributed by atoms with van der Waals surface area (Å²) in [6, 6.07) is 4.08. The summed E-state index contributed by atoms with van der Waals surface area (Å²) in [5.74, 6) is -0.899. The van der Waals surface area contributed by atoms with Gasteiger partial charge in [0.1, 0.15) is 23.1 Å². The van der Waals surface area contributed by atoms with Crippen molar-refractivity contribution in [1.29, 1.82) is 0 Å². The lowest BCUT2D eigenvalue weighted by atomic mass is 9.91. The van der Waals surface area contributed by atoms with Gasteiger partial charge in [0.2, 0.25) is 5.95 Å². The van der Waals surface area contributed by atoms with Gasteiger partial charge in [0, 0.05) is 49.5 Å². The van der Waals surface area contributed by atoms with Crippen LogP contribution in [0.5, 0.6) is 17.2 Å². The fourth-order valence-electron chi connectivity index (χ4n) is 5.09. The molecule has 1 atom stereocenters. The summed E-state index contributed by atoms with van der Waals surface area (Å²) < 4.78 is 44.8. The lowest BCUT2D eigenvalue weighted by molar-refractivity contribution is -0.116. The third kappa shape index (κ3) is 5.58. The Morgan fingerprint density at radius 2 is 1.98 bits per heavy atom. The summed E-state index contributed by atoms with van der Waals surface area (Å²) in [4.78, 5) is 26.4. The summed E-state index contributed by atoms with van der Waals surface area (Å²) in [6.45, 7) is 7.29. The molecule has 0 aromatic carbocycles. The minimum Gasteiger partial charge on any atom is -0.491 e. The molecular weight excluding hydrogens is 534 g/mol. The number of ketones is 1. The van der Waals surface area contributed by atoms with E-state index in [1.165, 1.54) is 24.9 Å². The Balaban J connectivity index is 1.49. The van der Waals surface area contributed by atoms with Gasteiger partial charge in [-0.25, -0.2) is 13.8 Å². The van der Waals surface area contributed by atoms with Crippen LogP contribution in [0, 0.1) is 0 Å². The van der Waals surface area contributed by atoms with Crippen LogP contribution in [0.1, 0.15) is 45.1 Å². The molecule has 1 fully saturated rings. The van der Waals surface area contributed by atoms with Crippen LogP contribution in [-0.4, -0.2) is 73.2 Å². The molecule has 0 amide bonds. The molecule has 0 spiro atoms. The molecule has 41 heavy (non-hydrogen) atoms. The van der Waals surface area contributed by atoms with Crippen LogP contribution in [0.3, 0.4) is 0 Å². The number of Topliss-reactive ketones (excluding diaryl/α,β-unsaturated/α-hetero) is 1. The minimum atomic E-state index is -2.91. The Kier molecular flexibility index (Phi) is 7.18. The molecule has 0 saturated carbocycles. The number of rotatable bonds is 8. The van der Waals surface area contributed by atoms with E-state index in [-0.39, 0.29) is 25.3 Å². The Hall–Kier alpha value is -4.13. The number of nitrogens with zero attached hydrogens (tertiary/aromatic N) is 7. The van der Waals surface area contributed by atoms with E-state index in [1.54, 1.807) is 48.0 Å². The number of carbonyl (C=O) groups is 1. The van der Waals surface area contributed by atoms with Crippen molar-refractivity contribution in [3.63, 3.8) is 0 Å². The Morgan fingerprint density at radius 3 is 2.61 bits per heavy atom. The van der Waals surface area contributed by atoms with Crippen molar-refractivity contribution in [2.24, 2.45) is 7.05 Å². The summed E-state index contributed by atoms with van der Waals surface area (Å²) in [6.07, 6.45) is 3.28. The van der Waals surface area contributed by atoms with E-state index in [9.17, 15) is 13.6 Å². The molecule has 1 aliphatic rings. The molecule has 1 aliphatic heterocycles. The zero-order valence-corrected chi connectivity index (χ0v) is 24.2. The monoisotopic (exact) mass is 568 g/mol. The van der Waals surface area contributed by atoms with E-state index >= 15 is 0 Å². The van der Waals surface area contributed by atoms with E-state index in [1.807, 2.05) is 20.8 Å². The molecule has 0 radical (unpaired) electrons. The van der Waals surface area contributed by atoms with Crippen molar-refractivity contribution in [3.8, 4) is 17.2 Å². The fraction of sp³-hybridized carbons (Fsp3) is 0.464. The Labute approximate surface area is 236 Å². The third-order valence-electron chi connectivity index (χ3n) is 6.96. The summed E-state index contributed by atoms with van der Waals surface area (Å²) in [5.41, 5.74) is 1.80. The molecule has 218 valence electrons. The summed E-state index contributed by atoms with van der Waals surface area (Å²) in [7, 11) is 4.99. The molecule has 0 aliphatic carbocycles. The molecule has 1 N–H and O–H groups in total. The van der Waals surface area contributed by atoms with Crippen molar-refractivity contribution in [1.82, 2.24) is 34.2 Å². The zero-order valence-electron chi connectivity index (χ0n) is 24.2. The second-order valence-corrected chi connectivity index (χ2v) is 11.5. The van der Waals surface area contributed by atoms with Crippen LogP contribution in [0.15, 0.2) is 30.6 Å². The van der Waals surface area contributed by atoms with E-state index in [2.05, 4.69) is 25.4 Å². The number of aryl methyl sites for hydroxylation is 1. The van der Waals surface area contributed by atoms with Gasteiger partial charge in [-0.15, -0.1) is 0 Å². The molecule has 5 heterocycles. The van der Waals surface area contributed by atoms with Crippen LogP contribution in [0.25, 0.3) is 11.2 Å². The number of nitrogens with one attached hydrogen (secondary N) is 1. The second-order valence-electron chi connectivity index (χ2n) is 11.5. The van der Waals surface area contributed by atoms with Gasteiger partial charge >= 0.3 is 0 Å². The first kappa shape index (κ1) is 28.4. The fourth-order valence-corrected chi connectivity index (χ4v) is 5.09. The van der Waals surface area contributed by atoms with Crippen LogP contribution in [0.4, 0.5) is 20.5 Å². The number of anilines is 2. The SMILES string of the molecule is COc1c(Oc2ccnc(CC(C)=O)c2)cnc2nc(Nc3cc(C(C)(C)C)n([C@@H]4CN(C)CC4(F)F)n3)n(C)c12. The van der Waals surface area contributed by atoms with Crippen molar-refractivity contribution in [3.05, 3.63) is 42.0 Å². The molecule has 11 nitrogen and oxygen atoms in total. The normalized spacial score (nSPS) is 17.2. The molecule has 13 heteroatoms. The van der Waals surface area contributed by atoms with Gasteiger partial charge in [0.05, 0.1) is 25.5 Å². The van der Waals surface area contributed by atoms with Gasteiger partial charge < -0.3 is 19.4 Å². The van der Waals surface area contributed by atoms with E-state index < -0.39 is 17.4 Å². The number of halogens is 2. The highest BCUT2D eigenvalue weighted by atomic mass is 19.3. The van der Waals surface area contributed by atoms with E-state index in [0.717, 1.165) is 0 Å². The van der Waals surface area contributed by atoms with Crippen LogP contribution in [-0.2, 0) is 23.7 Å². The number of carbonyl (C=O) groups excluding carboxylic acids is 1. The predicted octanol–water partition coefficient (Wildman–Crippen LogP) is 4.66. The average Bonchev–Trinajstić information content (AvgIpc) is 3.51. The minimum absolute atomic E-state index is 0.00558. The molecule has 0 unspecified atom stereocenters. The smallest absolute Gasteiger partial charge is 0.283 e. The van der Waals surface area contributed by atoms with Gasteiger partial charge in [-0.3, -0.25) is 19.4 Å². The van der Waals surface area contributed by atoms with Crippen molar-refractivity contribution in [2.75, 3.05) is 32.6 Å². The van der Waals surface area contributed by atoms with Gasteiger partial charge in [0.25, 0.3) is 5.92 Å². The number of pyridine rings is 2. The van der Waals surface area contributed by atoms with Crippen LogP contribution in [0.2, 0.25) is 0 Å². The first-order chi connectivity index (χ1) is 19.3. The maximum Gasteiger partial charge on any atom is 0.283 e. The highest BCUT2D eigenvalue weighted by molar-refractivity contribution is 5.84. The maximum atomic E-state index is 14.9. The van der Waals surface area contributed by atoms with Crippen molar-refractivity contribution in [2.45, 2.75) is 51.5 Å². The Bertz CT molecular complexity index is 1610. The molecule has 4 aromatic rings. The number of likely N-dealkylation sites (tertiary alicyclic amines) is 1. The number of hydrogen-bond acceptors (Lipinski definition) is 9. The number of alkyl halides is 2. The van der Waals surface area contributed by atoms with Crippen LogP contribution < -0.4 is 14.8 Å². The third-order valence-corrected chi connectivity index (χ3v) is 6.96. The standard InChI is InChI=1S/C28H34F2N8O3/c1-16(39)10-17-11-18(8-9-31-17)41-19-13-32-25-23(24(19)40-7)37(6)26(34-25)33-22-12-20(27(2,3)4)38(35-22)21-14-36(5)15-28(21,29)30/h8-9,11-13,21H,10,14-15H2,1-7H3,(H,32,33,34,35)/t21-/m1/s1. The average molecular weight is 569 g/mol. The lowest BCUT2D eigenvalue weighted by Gasteiger charge is -2.26. The first-order valence-corrected chi connectivity index (χ1v) is 13.2. The largest absolute Gasteiger partial charge is 0.491 e. The number of ether oxygens (including phenoxy) is 2. The van der Waals surface area contributed by atoms with Gasteiger partial charge in [-0.05, 0) is 20.0 Å². The van der Waals surface area contributed by atoms with Crippen molar-refractivity contribution >= 4 is 28.7 Å². The number of aromatic nitrogens is 6. The highest BCUT2D eigenvalue weighted by Gasteiger charge is 2.49. The number of imidazole rings is 1. The maximum absolute atomic E-state index is 14.9. The first-order valence-electron chi connectivity index (χ1n) is 13.2. The van der Waals surface area contributed by atoms with E-state index in [0.29, 0.717) is 51.6 Å². The molecule has 5 rings (SSSR count). The van der Waals surface area contributed by atoms with Gasteiger partial charge in [0.15, 0.2) is 23.0 Å². The van der Waals surface area contributed by atoms with Gasteiger partial charge in [-0.1, -0.05) is 20.8 Å². The highest BCUT2D eigenvalue weighted by Crippen LogP contribution is 2.41. The number of methoxy groups -OCH3 is 1.